The predicted molar refractivity (Wildman–Crippen MR) is 111 cm³/mol. The average molecular weight is 397 g/mol. The van der Waals surface area contributed by atoms with E-state index in [1.807, 2.05) is 12.1 Å². The molecule has 7 nitrogen and oxygen atoms in total. The maximum atomic E-state index is 12.4. The number of anilines is 3. The zero-order valence-corrected chi connectivity index (χ0v) is 16.1. The molecule has 28 heavy (non-hydrogen) atoms. The highest BCUT2D eigenvalue weighted by Crippen LogP contribution is 2.54. The molecule has 5 rings (SSSR count). The van der Waals surface area contributed by atoms with Crippen LogP contribution in [0.25, 0.3) is 11.0 Å². The van der Waals surface area contributed by atoms with Gasteiger partial charge in [-0.2, -0.15) is 0 Å². The molecule has 1 saturated carbocycles. The Morgan fingerprint density at radius 3 is 2.75 bits per heavy atom. The van der Waals surface area contributed by atoms with Gasteiger partial charge in [0.15, 0.2) is 0 Å². The summed E-state index contributed by atoms with van der Waals surface area (Å²) in [5.74, 6) is 0.795. The summed E-state index contributed by atoms with van der Waals surface area (Å²) < 4.78 is 0. The summed E-state index contributed by atoms with van der Waals surface area (Å²) in [6.07, 6.45) is 10.2. The second kappa shape index (κ2) is 6.67. The number of piperidine rings is 1. The largest absolute Gasteiger partial charge is 0.358 e. The van der Waals surface area contributed by atoms with Gasteiger partial charge in [-0.3, -0.25) is 4.98 Å². The Kier molecular flexibility index (Phi) is 4.12. The molecule has 1 aliphatic carbocycles. The predicted octanol–water partition coefficient (Wildman–Crippen LogP) is 4.64. The number of pyridine rings is 2. The molecule has 4 heterocycles. The number of halogens is 1. The summed E-state index contributed by atoms with van der Waals surface area (Å²) in [5, 5.41) is 6.14. The van der Waals surface area contributed by atoms with Gasteiger partial charge in [0.25, 0.3) is 0 Å². The quantitative estimate of drug-likeness (QED) is 0.602. The number of nitrogens with zero attached hydrogens (tertiary/aromatic N) is 3. The van der Waals surface area contributed by atoms with Crippen molar-refractivity contribution < 1.29 is 4.79 Å². The van der Waals surface area contributed by atoms with Crippen molar-refractivity contribution in [2.45, 2.75) is 25.7 Å². The molecule has 1 saturated heterocycles. The lowest BCUT2D eigenvalue weighted by Crippen LogP contribution is -2.35. The van der Waals surface area contributed by atoms with Crippen molar-refractivity contribution in [2.75, 3.05) is 28.6 Å². The lowest BCUT2D eigenvalue weighted by Gasteiger charge is -2.33. The highest BCUT2D eigenvalue weighted by Gasteiger charge is 2.44. The van der Waals surface area contributed by atoms with Gasteiger partial charge in [-0.05, 0) is 49.3 Å². The minimum Gasteiger partial charge on any atom is -0.358 e. The molecule has 2 amide bonds. The van der Waals surface area contributed by atoms with Gasteiger partial charge in [-0.1, -0.05) is 11.6 Å². The van der Waals surface area contributed by atoms with Crippen LogP contribution in [-0.2, 0) is 0 Å². The number of carbonyl (C=O) groups excluding carboxylic acids is 1. The molecule has 0 unspecified atom stereocenters. The van der Waals surface area contributed by atoms with Crippen molar-refractivity contribution in [3.05, 3.63) is 41.8 Å². The number of hydrogen-bond acceptors (Lipinski definition) is 4. The van der Waals surface area contributed by atoms with E-state index in [2.05, 4.69) is 30.5 Å². The first-order valence-electron chi connectivity index (χ1n) is 9.53. The number of fused-ring (bicyclic) bond motifs is 1. The normalized spacial score (nSPS) is 17.7. The molecule has 8 heteroatoms. The number of H-pyrrole nitrogens is 1. The van der Waals surface area contributed by atoms with Crippen LogP contribution >= 0.6 is 11.6 Å². The molecule has 144 valence electrons. The molecule has 0 aromatic carbocycles. The van der Waals surface area contributed by atoms with Crippen LogP contribution in [0.2, 0.25) is 5.02 Å². The second-order valence-corrected chi connectivity index (χ2v) is 8.10. The summed E-state index contributed by atoms with van der Waals surface area (Å²) in [6.45, 7) is 1.99. The van der Waals surface area contributed by atoms with Crippen LogP contribution in [0.1, 0.15) is 25.7 Å². The van der Waals surface area contributed by atoms with E-state index in [1.54, 1.807) is 24.7 Å². The van der Waals surface area contributed by atoms with Gasteiger partial charge in [-0.25, -0.2) is 9.78 Å². The lowest BCUT2D eigenvalue weighted by molar-refractivity contribution is 0.262. The average Bonchev–Trinajstić information content (AvgIpc) is 3.33. The lowest BCUT2D eigenvalue weighted by atomic mass is 9.94. The molecular weight excluding hydrogens is 376 g/mol. The number of hydrogen-bond donors (Lipinski definition) is 3. The van der Waals surface area contributed by atoms with Crippen molar-refractivity contribution in [3.63, 3.8) is 0 Å². The third-order valence-electron chi connectivity index (χ3n) is 5.84. The van der Waals surface area contributed by atoms with Crippen molar-refractivity contribution >= 4 is 45.9 Å². The number of carbonyl (C=O) groups is 1. The Labute approximate surface area is 167 Å². The Hall–Kier alpha value is -2.80. The third kappa shape index (κ3) is 3.26. The first-order chi connectivity index (χ1) is 13.6. The van der Waals surface area contributed by atoms with Crippen molar-refractivity contribution in [1.82, 2.24) is 15.0 Å². The van der Waals surface area contributed by atoms with Crippen LogP contribution in [0.5, 0.6) is 0 Å². The Bertz CT molecular complexity index is 1030. The van der Waals surface area contributed by atoms with E-state index in [4.69, 9.17) is 11.6 Å². The van der Waals surface area contributed by atoms with E-state index in [0.29, 0.717) is 27.3 Å². The summed E-state index contributed by atoms with van der Waals surface area (Å²) in [5.41, 5.74) is 3.35. The zero-order valence-electron chi connectivity index (χ0n) is 15.3. The first kappa shape index (κ1) is 17.3. The van der Waals surface area contributed by atoms with Gasteiger partial charge in [0.2, 0.25) is 0 Å². The van der Waals surface area contributed by atoms with Crippen LogP contribution in [-0.4, -0.2) is 34.1 Å². The molecule has 3 N–H and O–H groups in total. The zero-order chi connectivity index (χ0) is 19.1. The Balaban J connectivity index is 1.25. The standard InChI is InChI=1S/C20H21ClN6O/c21-14-10-13(11-24-18(14)27-8-5-20(3-4-20)6-9-27)25-19(28)26-16-12-23-15-2-1-7-22-17(15)16/h1-2,7,10-12,23H,3-6,8-9H2,(H2,25,26,28). The summed E-state index contributed by atoms with van der Waals surface area (Å²) in [6, 6.07) is 5.12. The van der Waals surface area contributed by atoms with E-state index >= 15 is 0 Å². The molecule has 3 aromatic rings. The summed E-state index contributed by atoms with van der Waals surface area (Å²) >= 11 is 6.46. The molecule has 3 aromatic heterocycles. The van der Waals surface area contributed by atoms with Crippen molar-refractivity contribution in [1.29, 1.82) is 0 Å². The van der Waals surface area contributed by atoms with Crippen LogP contribution in [0.4, 0.5) is 22.0 Å². The monoisotopic (exact) mass is 396 g/mol. The van der Waals surface area contributed by atoms with Crippen LogP contribution < -0.4 is 15.5 Å². The molecule has 2 fully saturated rings. The second-order valence-electron chi connectivity index (χ2n) is 7.70. The maximum Gasteiger partial charge on any atom is 0.323 e. The number of urea groups is 1. The fourth-order valence-corrected chi connectivity index (χ4v) is 4.22. The van der Waals surface area contributed by atoms with E-state index in [1.165, 1.54) is 25.7 Å². The summed E-state index contributed by atoms with van der Waals surface area (Å²) in [4.78, 5) is 26.5. The van der Waals surface area contributed by atoms with Gasteiger partial charge >= 0.3 is 6.03 Å². The minimum absolute atomic E-state index is 0.370. The molecule has 1 spiro atoms. The Morgan fingerprint density at radius 1 is 1.18 bits per heavy atom. The maximum absolute atomic E-state index is 12.4. The molecule has 0 radical (unpaired) electrons. The molecule has 0 bridgehead atoms. The highest BCUT2D eigenvalue weighted by atomic mass is 35.5. The number of rotatable bonds is 3. The van der Waals surface area contributed by atoms with Gasteiger partial charge in [0.05, 0.1) is 28.1 Å². The SMILES string of the molecule is O=C(Nc1cnc(N2CCC3(CC2)CC3)c(Cl)c1)Nc1c[nH]c2cccnc12. The molecular formula is C20H21ClN6O. The number of aromatic amines is 1. The molecule has 0 atom stereocenters. The van der Waals surface area contributed by atoms with E-state index in [0.717, 1.165) is 24.4 Å². The van der Waals surface area contributed by atoms with Gasteiger partial charge in [-0.15, -0.1) is 0 Å². The Morgan fingerprint density at radius 2 is 2.00 bits per heavy atom. The number of amides is 2. The molecule has 1 aliphatic heterocycles. The summed E-state index contributed by atoms with van der Waals surface area (Å²) in [7, 11) is 0. The van der Waals surface area contributed by atoms with Crippen LogP contribution in [0.15, 0.2) is 36.8 Å². The van der Waals surface area contributed by atoms with Gasteiger partial charge in [0, 0.05) is 25.5 Å². The van der Waals surface area contributed by atoms with E-state index in [-0.39, 0.29) is 6.03 Å². The van der Waals surface area contributed by atoms with Crippen molar-refractivity contribution in [3.8, 4) is 0 Å². The van der Waals surface area contributed by atoms with E-state index < -0.39 is 0 Å². The minimum atomic E-state index is -0.370. The fraction of sp³-hybridized carbons (Fsp3) is 0.350. The van der Waals surface area contributed by atoms with E-state index in [9.17, 15) is 4.79 Å². The highest BCUT2D eigenvalue weighted by molar-refractivity contribution is 6.33. The van der Waals surface area contributed by atoms with Gasteiger partial charge in [0.1, 0.15) is 11.3 Å². The first-order valence-corrected chi connectivity index (χ1v) is 9.90. The number of aromatic nitrogens is 3. The van der Waals surface area contributed by atoms with Crippen LogP contribution in [0.3, 0.4) is 0 Å². The van der Waals surface area contributed by atoms with Crippen molar-refractivity contribution in [2.24, 2.45) is 5.41 Å². The third-order valence-corrected chi connectivity index (χ3v) is 6.12. The topological polar surface area (TPSA) is 85.9 Å². The van der Waals surface area contributed by atoms with Crippen LogP contribution in [0, 0.1) is 5.41 Å². The smallest absolute Gasteiger partial charge is 0.323 e. The fourth-order valence-electron chi connectivity index (χ4n) is 3.94. The number of nitrogens with one attached hydrogen (secondary N) is 3. The van der Waals surface area contributed by atoms with Gasteiger partial charge < -0.3 is 20.5 Å². The molecule has 2 aliphatic rings.